The third-order valence-corrected chi connectivity index (χ3v) is 3.33. The zero-order valence-corrected chi connectivity index (χ0v) is 12.9. The summed E-state index contributed by atoms with van der Waals surface area (Å²) in [6.07, 6.45) is 14.5. The van der Waals surface area contributed by atoms with E-state index in [9.17, 15) is 0 Å². The topological polar surface area (TPSA) is 82.1 Å². The molecule has 0 aliphatic heterocycles. The molecule has 0 bridgehead atoms. The van der Waals surface area contributed by atoms with Crippen molar-refractivity contribution in [3.63, 3.8) is 0 Å². The molecule has 0 aliphatic rings. The van der Waals surface area contributed by atoms with Crippen molar-refractivity contribution < 1.29 is 0 Å². The van der Waals surface area contributed by atoms with Crippen LogP contribution in [0.4, 0.5) is 0 Å². The first-order valence-electron chi connectivity index (χ1n) is 7.93. The van der Waals surface area contributed by atoms with E-state index in [1.165, 1.54) is 25.7 Å². The van der Waals surface area contributed by atoms with Gasteiger partial charge in [-0.15, -0.1) is 0 Å². The largest absolute Gasteiger partial charge is 0.291 e. The maximum absolute atomic E-state index is 4.37. The molecule has 2 rings (SSSR count). The summed E-state index contributed by atoms with van der Waals surface area (Å²) in [5.74, 6) is 0. The summed E-state index contributed by atoms with van der Waals surface area (Å²) in [7, 11) is 0. The van der Waals surface area contributed by atoms with Gasteiger partial charge in [0.15, 0.2) is 0 Å². The first-order valence-corrected chi connectivity index (χ1v) is 7.93. The highest BCUT2D eigenvalue weighted by atomic mass is 15.1. The van der Waals surface area contributed by atoms with Crippen LogP contribution in [-0.2, 0) is 0 Å². The fraction of sp³-hybridized carbons (Fsp3) is 0.500. The summed E-state index contributed by atoms with van der Waals surface area (Å²) in [5.41, 5.74) is 1.94. The van der Waals surface area contributed by atoms with Crippen LogP contribution in [0.5, 0.6) is 0 Å². The highest BCUT2D eigenvalue weighted by Crippen LogP contribution is 2.05. The van der Waals surface area contributed by atoms with E-state index in [4.69, 9.17) is 0 Å². The number of nitrogens with one attached hydrogen (secondary N) is 2. The van der Waals surface area contributed by atoms with Crippen molar-refractivity contribution in [3.05, 3.63) is 35.9 Å². The summed E-state index contributed by atoms with van der Waals surface area (Å²) < 4.78 is 0. The van der Waals surface area contributed by atoms with Crippen LogP contribution in [0.1, 0.15) is 49.9 Å². The number of hydrogen-bond acceptors (Lipinski definition) is 4. The summed E-state index contributed by atoms with van der Waals surface area (Å²) in [5, 5.41) is 13.5. The second-order valence-electron chi connectivity index (χ2n) is 5.22. The minimum absolute atomic E-state index is 0.896. The van der Waals surface area contributed by atoms with Gasteiger partial charge in [-0.25, -0.2) is 0 Å². The number of rotatable bonds is 11. The lowest BCUT2D eigenvalue weighted by molar-refractivity contribution is 0.602. The molecule has 2 aromatic rings. The molecule has 0 spiro atoms. The Morgan fingerprint density at radius 2 is 1.18 bits per heavy atom. The van der Waals surface area contributed by atoms with E-state index in [0.29, 0.717) is 0 Å². The zero-order valence-electron chi connectivity index (χ0n) is 12.9. The Kier molecular flexibility index (Phi) is 7.69. The number of aliphatic imine (C=N–C) groups is 2. The van der Waals surface area contributed by atoms with Crippen LogP contribution in [-0.4, -0.2) is 45.9 Å². The van der Waals surface area contributed by atoms with E-state index >= 15 is 0 Å². The lowest BCUT2D eigenvalue weighted by atomic mass is 10.1. The molecule has 6 nitrogen and oxygen atoms in total. The molecule has 0 atom stereocenters. The summed E-state index contributed by atoms with van der Waals surface area (Å²) in [6.45, 7) is 1.79. The molecule has 6 heteroatoms. The van der Waals surface area contributed by atoms with Crippen LogP contribution in [0.15, 0.2) is 34.5 Å². The van der Waals surface area contributed by atoms with Gasteiger partial charge in [-0.1, -0.05) is 25.7 Å². The van der Waals surface area contributed by atoms with Crippen molar-refractivity contribution in [2.24, 2.45) is 9.98 Å². The third-order valence-electron chi connectivity index (χ3n) is 3.33. The van der Waals surface area contributed by atoms with Crippen molar-refractivity contribution in [1.29, 1.82) is 0 Å². The Hall–Kier alpha value is -2.24. The average Bonchev–Trinajstić information content (AvgIpc) is 3.21. The molecule has 0 unspecified atom stereocenters. The summed E-state index contributed by atoms with van der Waals surface area (Å²) in [4.78, 5) is 8.75. The SMILES string of the molecule is C(=NCCCCCCCCN=Cc1ccn[nH]1)c1ccn[nH]1. The van der Waals surface area contributed by atoms with E-state index in [0.717, 1.165) is 37.3 Å². The van der Waals surface area contributed by atoms with Gasteiger partial charge >= 0.3 is 0 Å². The third kappa shape index (κ3) is 6.97. The number of H-pyrrole nitrogens is 2. The normalized spacial score (nSPS) is 11.8. The molecule has 118 valence electrons. The van der Waals surface area contributed by atoms with Crippen LogP contribution in [0, 0.1) is 0 Å². The van der Waals surface area contributed by atoms with Gasteiger partial charge in [0.05, 0.1) is 11.4 Å². The standard InChI is InChI=1S/C16H24N6/c1(3-5-9-17-13-15-7-11-19-21-15)2-4-6-10-18-14-16-8-12-20-22-16/h7-8,11-14H,1-6,9-10H2,(H,19,21)(H,20,22). The van der Waals surface area contributed by atoms with E-state index in [1.807, 2.05) is 24.6 Å². The lowest BCUT2D eigenvalue weighted by Gasteiger charge is -1.99. The highest BCUT2D eigenvalue weighted by Gasteiger charge is 1.92. The second kappa shape index (κ2) is 10.5. The molecule has 2 aromatic heterocycles. The molecule has 2 heterocycles. The van der Waals surface area contributed by atoms with Gasteiger partial charge in [0.2, 0.25) is 0 Å². The van der Waals surface area contributed by atoms with E-state index in [1.54, 1.807) is 12.4 Å². The van der Waals surface area contributed by atoms with Crippen molar-refractivity contribution in [1.82, 2.24) is 20.4 Å². The molecule has 0 aliphatic carbocycles. The van der Waals surface area contributed by atoms with Crippen molar-refractivity contribution >= 4 is 12.4 Å². The van der Waals surface area contributed by atoms with Crippen LogP contribution in [0.25, 0.3) is 0 Å². The fourth-order valence-corrected chi connectivity index (χ4v) is 2.12. The van der Waals surface area contributed by atoms with E-state index < -0.39 is 0 Å². The van der Waals surface area contributed by atoms with Gasteiger partial charge < -0.3 is 0 Å². The van der Waals surface area contributed by atoms with Gasteiger partial charge in [0, 0.05) is 37.9 Å². The molecule has 2 N–H and O–H groups in total. The van der Waals surface area contributed by atoms with Crippen LogP contribution >= 0.6 is 0 Å². The van der Waals surface area contributed by atoms with Crippen LogP contribution < -0.4 is 0 Å². The molecule has 0 saturated carbocycles. The number of aromatic amines is 2. The first kappa shape index (κ1) is 16.1. The maximum atomic E-state index is 4.37. The predicted octanol–water partition coefficient (Wildman–Crippen LogP) is 3.01. The molecule has 0 saturated heterocycles. The number of aromatic nitrogens is 4. The van der Waals surface area contributed by atoms with Crippen LogP contribution in [0.3, 0.4) is 0 Å². The Bertz CT molecular complexity index is 477. The Balaban J connectivity index is 1.37. The molecule has 0 radical (unpaired) electrons. The quantitative estimate of drug-likeness (QED) is 0.494. The molecular weight excluding hydrogens is 276 g/mol. The van der Waals surface area contributed by atoms with Gasteiger partial charge in [-0.2, -0.15) is 10.2 Å². The first-order chi connectivity index (χ1) is 10.9. The van der Waals surface area contributed by atoms with E-state index in [2.05, 4.69) is 30.4 Å². The molecule has 0 amide bonds. The monoisotopic (exact) mass is 300 g/mol. The van der Waals surface area contributed by atoms with Crippen molar-refractivity contribution in [2.45, 2.75) is 38.5 Å². The molecule has 22 heavy (non-hydrogen) atoms. The van der Waals surface area contributed by atoms with Crippen LogP contribution in [0.2, 0.25) is 0 Å². The minimum atomic E-state index is 0.896. The molecular formula is C16H24N6. The maximum Gasteiger partial charge on any atom is 0.0756 e. The Labute approximate surface area is 131 Å². The van der Waals surface area contributed by atoms with Gasteiger partial charge in [0.1, 0.15) is 0 Å². The smallest absolute Gasteiger partial charge is 0.0756 e. The van der Waals surface area contributed by atoms with Crippen molar-refractivity contribution in [2.75, 3.05) is 13.1 Å². The van der Waals surface area contributed by atoms with Gasteiger partial charge in [-0.3, -0.25) is 20.2 Å². The Morgan fingerprint density at radius 3 is 1.59 bits per heavy atom. The molecule has 0 fully saturated rings. The Morgan fingerprint density at radius 1 is 0.727 bits per heavy atom. The van der Waals surface area contributed by atoms with Gasteiger partial charge in [0.25, 0.3) is 0 Å². The lowest BCUT2D eigenvalue weighted by Crippen LogP contribution is -1.88. The number of nitrogens with zero attached hydrogens (tertiary/aromatic N) is 4. The number of unbranched alkanes of at least 4 members (excludes halogenated alkanes) is 5. The minimum Gasteiger partial charge on any atom is -0.291 e. The highest BCUT2D eigenvalue weighted by molar-refractivity contribution is 5.76. The zero-order chi connectivity index (χ0) is 15.3. The van der Waals surface area contributed by atoms with Crippen molar-refractivity contribution in [3.8, 4) is 0 Å². The second-order valence-corrected chi connectivity index (χ2v) is 5.22. The predicted molar refractivity (Wildman–Crippen MR) is 89.8 cm³/mol. The number of hydrogen-bond donors (Lipinski definition) is 2. The van der Waals surface area contributed by atoms with Gasteiger partial charge in [-0.05, 0) is 25.0 Å². The average molecular weight is 300 g/mol. The summed E-state index contributed by atoms with van der Waals surface area (Å²) in [6, 6.07) is 3.83. The van der Waals surface area contributed by atoms with E-state index in [-0.39, 0.29) is 0 Å². The molecule has 0 aromatic carbocycles. The summed E-state index contributed by atoms with van der Waals surface area (Å²) >= 11 is 0. The fourth-order valence-electron chi connectivity index (χ4n) is 2.12.